The van der Waals surface area contributed by atoms with Crippen molar-refractivity contribution < 1.29 is 14.3 Å². The van der Waals surface area contributed by atoms with Gasteiger partial charge in [0.25, 0.3) is 0 Å². The minimum absolute atomic E-state index is 0.0795. The maximum Gasteiger partial charge on any atom is 0.307 e. The molecule has 1 amide bonds. The lowest BCUT2D eigenvalue weighted by Gasteiger charge is -2.29. The first-order chi connectivity index (χ1) is 18.0. The Morgan fingerprint density at radius 3 is 2.65 bits per heavy atom. The van der Waals surface area contributed by atoms with E-state index >= 15 is 0 Å². The van der Waals surface area contributed by atoms with Crippen molar-refractivity contribution in [1.82, 2.24) is 0 Å². The molecule has 190 valence electrons. The van der Waals surface area contributed by atoms with Gasteiger partial charge in [-0.15, -0.1) is 11.3 Å². The number of hydrogen-bond acceptors (Lipinski definition) is 4. The molecular weight excluding hydrogens is 478 g/mol. The maximum atomic E-state index is 14.2. The Morgan fingerprint density at radius 2 is 1.86 bits per heavy atom. The van der Waals surface area contributed by atoms with Crippen molar-refractivity contribution >= 4 is 39.0 Å². The molecule has 0 saturated heterocycles. The van der Waals surface area contributed by atoms with Crippen LogP contribution in [0.4, 0.5) is 5.69 Å². The molecule has 37 heavy (non-hydrogen) atoms. The number of carbonyl (C=O) groups is 2. The quantitative estimate of drug-likeness (QED) is 0.224. The summed E-state index contributed by atoms with van der Waals surface area (Å²) in [6.07, 6.45) is 2.32. The van der Waals surface area contributed by atoms with Crippen molar-refractivity contribution in [3.05, 3.63) is 99.9 Å². The molecule has 2 atom stereocenters. The summed E-state index contributed by atoms with van der Waals surface area (Å²) in [6.45, 7) is 6.34. The smallest absolute Gasteiger partial charge is 0.307 e. The summed E-state index contributed by atoms with van der Waals surface area (Å²) < 4.78 is 6.58. The van der Waals surface area contributed by atoms with Crippen LogP contribution in [-0.4, -0.2) is 24.5 Å². The van der Waals surface area contributed by atoms with Crippen LogP contribution in [-0.2, 0) is 27.2 Å². The number of thiophene rings is 1. The second-order valence-corrected chi connectivity index (χ2v) is 10.8. The Balaban J connectivity index is 1.50. The molecule has 3 aromatic carbocycles. The van der Waals surface area contributed by atoms with E-state index in [1.165, 1.54) is 26.8 Å². The highest BCUT2D eigenvalue weighted by molar-refractivity contribution is 7.17. The first kappa shape index (κ1) is 25.2. The van der Waals surface area contributed by atoms with Crippen LogP contribution in [0.25, 0.3) is 10.1 Å². The Bertz CT molecular complexity index is 1420. The van der Waals surface area contributed by atoms with Crippen LogP contribution in [0.15, 0.2) is 72.1 Å². The highest BCUT2D eigenvalue weighted by atomic mass is 32.1. The van der Waals surface area contributed by atoms with E-state index in [0.717, 1.165) is 23.2 Å². The van der Waals surface area contributed by atoms with Crippen molar-refractivity contribution in [2.45, 2.75) is 58.4 Å². The van der Waals surface area contributed by atoms with Crippen LogP contribution in [0.2, 0.25) is 0 Å². The van der Waals surface area contributed by atoms with Gasteiger partial charge < -0.3 is 9.64 Å². The number of carbonyl (C=O) groups excluding carboxylic acids is 2. The lowest BCUT2D eigenvalue weighted by Crippen LogP contribution is -2.41. The summed E-state index contributed by atoms with van der Waals surface area (Å²) in [7, 11) is 0. The van der Waals surface area contributed by atoms with E-state index in [1.807, 2.05) is 30.0 Å². The zero-order valence-corrected chi connectivity index (χ0v) is 22.5. The second-order valence-electron chi connectivity index (χ2n) is 9.92. The lowest BCUT2D eigenvalue weighted by molar-refractivity contribution is -0.143. The van der Waals surface area contributed by atoms with Gasteiger partial charge in [0.1, 0.15) is 0 Å². The topological polar surface area (TPSA) is 46.6 Å². The highest BCUT2D eigenvalue weighted by Crippen LogP contribution is 2.43. The van der Waals surface area contributed by atoms with Gasteiger partial charge in [-0.25, -0.2) is 0 Å². The summed E-state index contributed by atoms with van der Waals surface area (Å²) in [6, 6.07) is 22.6. The van der Waals surface area contributed by atoms with Gasteiger partial charge >= 0.3 is 5.97 Å². The van der Waals surface area contributed by atoms with Crippen LogP contribution >= 0.6 is 11.3 Å². The average Bonchev–Trinajstić information content (AvgIpc) is 3.42. The van der Waals surface area contributed by atoms with E-state index in [2.05, 4.69) is 67.8 Å². The molecule has 5 rings (SSSR count). The number of hydrogen-bond donors (Lipinski definition) is 0. The third-order valence-corrected chi connectivity index (χ3v) is 8.34. The minimum atomic E-state index is -0.269. The number of aryl methyl sites for hydroxylation is 3. The molecule has 0 aliphatic carbocycles. The summed E-state index contributed by atoms with van der Waals surface area (Å²) in [5.41, 5.74) is 6.75. The normalized spacial score (nSPS) is 15.7. The van der Waals surface area contributed by atoms with Crippen LogP contribution in [0.3, 0.4) is 0 Å². The number of anilines is 1. The summed E-state index contributed by atoms with van der Waals surface area (Å²) in [5, 5.41) is 3.46. The van der Waals surface area contributed by atoms with E-state index in [4.69, 9.17) is 4.74 Å². The third-order valence-electron chi connectivity index (χ3n) is 7.35. The number of fused-ring (bicyclic) bond motifs is 2. The molecule has 0 N–H and O–H groups in total. The first-order valence-electron chi connectivity index (χ1n) is 13.0. The largest absolute Gasteiger partial charge is 0.466 e. The van der Waals surface area contributed by atoms with E-state index in [9.17, 15) is 9.59 Å². The molecule has 0 bridgehead atoms. The summed E-state index contributed by atoms with van der Waals surface area (Å²) in [5.74, 6) is -0.448. The van der Waals surface area contributed by atoms with Crippen LogP contribution in [0, 0.1) is 13.8 Å². The lowest BCUT2D eigenvalue weighted by atomic mass is 9.91. The molecule has 2 heterocycles. The number of ether oxygens (including phenoxy) is 1. The predicted octanol–water partition coefficient (Wildman–Crippen LogP) is 7.15. The minimum Gasteiger partial charge on any atom is -0.466 e. The molecule has 1 unspecified atom stereocenters. The number of amides is 1. The van der Waals surface area contributed by atoms with Crippen LogP contribution in [0.5, 0.6) is 0 Å². The predicted molar refractivity (Wildman–Crippen MR) is 151 cm³/mol. The van der Waals surface area contributed by atoms with Crippen LogP contribution in [0.1, 0.15) is 53.5 Å². The number of rotatable bonds is 9. The summed E-state index contributed by atoms with van der Waals surface area (Å²) >= 11 is 1.74. The van der Waals surface area contributed by atoms with Gasteiger partial charge in [-0.3, -0.25) is 9.59 Å². The van der Waals surface area contributed by atoms with E-state index in [1.54, 1.807) is 11.3 Å². The average molecular weight is 512 g/mol. The van der Waals surface area contributed by atoms with Gasteiger partial charge in [0.05, 0.1) is 18.9 Å². The molecule has 0 saturated carbocycles. The second kappa shape index (κ2) is 10.9. The molecular formula is C32H33NO3S. The van der Waals surface area contributed by atoms with Gasteiger partial charge in [0.2, 0.25) is 5.91 Å². The fourth-order valence-electron chi connectivity index (χ4n) is 5.58. The summed E-state index contributed by atoms with van der Waals surface area (Å²) in [4.78, 5) is 28.8. The van der Waals surface area contributed by atoms with Gasteiger partial charge in [0.15, 0.2) is 0 Å². The molecule has 0 fully saturated rings. The molecule has 4 nitrogen and oxygen atoms in total. The maximum absolute atomic E-state index is 14.2. The van der Waals surface area contributed by atoms with Crippen molar-refractivity contribution in [2.24, 2.45) is 0 Å². The number of nitrogens with zero attached hydrogens (tertiary/aromatic N) is 1. The Morgan fingerprint density at radius 1 is 1.05 bits per heavy atom. The van der Waals surface area contributed by atoms with Crippen molar-refractivity contribution in [2.75, 3.05) is 11.5 Å². The fourth-order valence-corrected chi connectivity index (χ4v) is 6.63. The molecule has 4 aromatic rings. The molecule has 1 aliphatic heterocycles. The molecule has 0 radical (unpaired) electrons. The molecule has 0 spiro atoms. The highest BCUT2D eigenvalue weighted by Gasteiger charge is 2.41. The van der Waals surface area contributed by atoms with Crippen molar-refractivity contribution in [1.29, 1.82) is 0 Å². The Kier molecular flexibility index (Phi) is 7.43. The number of benzene rings is 3. The van der Waals surface area contributed by atoms with Crippen LogP contribution < -0.4 is 4.90 Å². The third kappa shape index (κ3) is 5.19. The van der Waals surface area contributed by atoms with Gasteiger partial charge in [-0.2, -0.15) is 0 Å². The molecule has 5 heteroatoms. The fraction of sp³-hybridized carbons (Fsp3) is 0.312. The van der Waals surface area contributed by atoms with Gasteiger partial charge in [-0.1, -0.05) is 54.6 Å². The monoisotopic (exact) mass is 511 g/mol. The molecule has 1 aliphatic rings. The zero-order valence-electron chi connectivity index (χ0n) is 21.7. The Labute approximate surface area is 222 Å². The number of esters is 1. The zero-order chi connectivity index (χ0) is 25.9. The van der Waals surface area contributed by atoms with Gasteiger partial charge in [-0.05, 0) is 90.7 Å². The van der Waals surface area contributed by atoms with Crippen molar-refractivity contribution in [3.8, 4) is 0 Å². The standard InChI is InChI=1S/C32H33NO3S/c1-4-36-30(34)19-25(15-14-23-10-6-5-7-11-23)33-28-17-21(2)13-16-26(28)27(32(33)35)18-24-20-37-29-12-8-9-22(3)31(24)29/h5-13,16-17,20,25,27H,4,14-15,18-19H2,1-3H3/t25-,27?/m0/s1. The van der Waals surface area contributed by atoms with E-state index in [0.29, 0.717) is 19.4 Å². The van der Waals surface area contributed by atoms with E-state index < -0.39 is 0 Å². The van der Waals surface area contributed by atoms with E-state index in [-0.39, 0.29) is 30.3 Å². The SMILES string of the molecule is CCOC(=O)C[C@H](CCc1ccccc1)N1C(=O)C(Cc2csc3cccc(C)c23)c2ccc(C)cc21. The molecule has 1 aromatic heterocycles. The Hall–Kier alpha value is -3.44. The van der Waals surface area contributed by atoms with Crippen molar-refractivity contribution in [3.63, 3.8) is 0 Å². The first-order valence-corrected chi connectivity index (χ1v) is 13.9. The van der Waals surface area contributed by atoms with Gasteiger partial charge in [0, 0.05) is 16.4 Å².